The fourth-order valence-corrected chi connectivity index (χ4v) is 4.09. The number of aromatic nitrogens is 2. The van der Waals surface area contributed by atoms with E-state index in [1.807, 2.05) is 26.0 Å². The zero-order valence-electron chi connectivity index (χ0n) is 15.3. The maximum absolute atomic E-state index is 12.8. The first-order valence-electron chi connectivity index (χ1n) is 8.49. The van der Waals surface area contributed by atoms with Gasteiger partial charge in [-0.15, -0.1) is 10.2 Å². The number of aryl methyl sites for hydroxylation is 2. The van der Waals surface area contributed by atoms with Crippen LogP contribution in [-0.4, -0.2) is 34.9 Å². The van der Waals surface area contributed by atoms with E-state index in [9.17, 15) is 4.79 Å². The Morgan fingerprint density at radius 3 is 2.69 bits per heavy atom. The van der Waals surface area contributed by atoms with E-state index in [1.165, 1.54) is 23.1 Å². The maximum atomic E-state index is 12.8. The molecule has 26 heavy (non-hydrogen) atoms. The van der Waals surface area contributed by atoms with Crippen LogP contribution in [0.2, 0.25) is 0 Å². The van der Waals surface area contributed by atoms with Crippen molar-refractivity contribution in [3.8, 4) is 6.07 Å². The van der Waals surface area contributed by atoms with Gasteiger partial charge in [-0.25, -0.2) is 0 Å². The minimum absolute atomic E-state index is 0.0338. The van der Waals surface area contributed by atoms with Crippen molar-refractivity contribution < 1.29 is 4.79 Å². The quantitative estimate of drug-likeness (QED) is 0.653. The first-order chi connectivity index (χ1) is 12.5. The molecule has 1 N–H and O–H groups in total. The second-order valence-corrected chi connectivity index (χ2v) is 8.09. The number of hydrogen-bond acceptors (Lipinski definition) is 7. The Kier molecular flexibility index (Phi) is 7.88. The van der Waals surface area contributed by atoms with Gasteiger partial charge in [-0.1, -0.05) is 36.1 Å². The van der Waals surface area contributed by atoms with Crippen LogP contribution in [-0.2, 0) is 4.79 Å². The van der Waals surface area contributed by atoms with Gasteiger partial charge in [-0.05, 0) is 43.5 Å². The van der Waals surface area contributed by atoms with Crippen molar-refractivity contribution in [3.63, 3.8) is 0 Å². The number of amides is 1. The molecule has 8 heteroatoms. The molecule has 0 spiro atoms. The molecule has 0 aliphatic carbocycles. The highest BCUT2D eigenvalue weighted by atomic mass is 32.2. The maximum Gasteiger partial charge on any atom is 0.237 e. The molecule has 1 heterocycles. The Morgan fingerprint density at radius 2 is 2.04 bits per heavy atom. The summed E-state index contributed by atoms with van der Waals surface area (Å²) in [5.41, 5.74) is 3.03. The third-order valence-corrected chi connectivity index (χ3v) is 5.52. The molecule has 0 atom stereocenters. The van der Waals surface area contributed by atoms with Crippen LogP contribution in [0, 0.1) is 25.2 Å². The molecule has 1 amide bonds. The Hall–Kier alpha value is -2.11. The molecule has 1 aromatic heterocycles. The second kappa shape index (κ2) is 10.1. The largest absolute Gasteiger partial charge is 0.360 e. The first-order valence-corrected chi connectivity index (χ1v) is 10.3. The number of benzene rings is 1. The number of nitriles is 1. The summed E-state index contributed by atoms with van der Waals surface area (Å²) in [5, 5.41) is 21.1. The predicted octanol–water partition coefficient (Wildman–Crippen LogP) is 4.02. The lowest BCUT2D eigenvalue weighted by Gasteiger charge is -2.22. The van der Waals surface area contributed by atoms with Crippen molar-refractivity contribution in [2.24, 2.45) is 0 Å². The summed E-state index contributed by atoms with van der Waals surface area (Å²) in [4.78, 5) is 14.4. The Bertz CT molecular complexity index is 764. The molecule has 0 aliphatic heterocycles. The number of hydrogen-bond donors (Lipinski definition) is 1. The Morgan fingerprint density at radius 1 is 1.31 bits per heavy atom. The number of rotatable bonds is 9. The molecule has 0 saturated heterocycles. The fourth-order valence-electron chi connectivity index (χ4n) is 2.44. The van der Waals surface area contributed by atoms with Crippen LogP contribution in [0.4, 0.5) is 10.8 Å². The zero-order chi connectivity index (χ0) is 18.9. The number of thioether (sulfide) groups is 1. The Balaban J connectivity index is 2.04. The van der Waals surface area contributed by atoms with Crippen LogP contribution in [0.3, 0.4) is 0 Å². The van der Waals surface area contributed by atoms with Gasteiger partial charge in [0.25, 0.3) is 0 Å². The second-order valence-electron chi connectivity index (χ2n) is 5.89. The fraction of sp³-hybridized carbons (Fsp3) is 0.444. The highest BCUT2D eigenvalue weighted by Gasteiger charge is 2.17. The number of nitrogens with one attached hydrogen (secondary N) is 1. The van der Waals surface area contributed by atoms with Gasteiger partial charge in [0.2, 0.25) is 11.0 Å². The average molecular weight is 390 g/mol. The van der Waals surface area contributed by atoms with Gasteiger partial charge in [0, 0.05) is 18.8 Å². The van der Waals surface area contributed by atoms with Crippen LogP contribution in [0.1, 0.15) is 30.9 Å². The van der Waals surface area contributed by atoms with Crippen LogP contribution in [0.25, 0.3) is 0 Å². The van der Waals surface area contributed by atoms with Gasteiger partial charge < -0.3 is 10.2 Å². The van der Waals surface area contributed by atoms with Crippen LogP contribution in [0.5, 0.6) is 0 Å². The normalized spacial score (nSPS) is 10.4. The summed E-state index contributed by atoms with van der Waals surface area (Å²) in [6, 6.07) is 8.14. The summed E-state index contributed by atoms with van der Waals surface area (Å²) in [6.07, 6.45) is 1.32. The number of carbonyl (C=O) groups is 1. The molecule has 0 radical (unpaired) electrons. The monoisotopic (exact) mass is 389 g/mol. The van der Waals surface area contributed by atoms with Crippen LogP contribution < -0.4 is 10.2 Å². The van der Waals surface area contributed by atoms with Gasteiger partial charge in [-0.3, -0.25) is 4.79 Å². The lowest BCUT2D eigenvalue weighted by atomic mass is 10.1. The summed E-state index contributed by atoms with van der Waals surface area (Å²) < 4.78 is 0.762. The summed E-state index contributed by atoms with van der Waals surface area (Å²) in [7, 11) is 0. The molecule has 2 aromatic rings. The van der Waals surface area contributed by atoms with Crippen molar-refractivity contribution in [2.75, 3.05) is 29.1 Å². The molecule has 0 aliphatic rings. The lowest BCUT2D eigenvalue weighted by molar-refractivity contribution is -0.116. The summed E-state index contributed by atoms with van der Waals surface area (Å²) >= 11 is 2.83. The van der Waals surface area contributed by atoms with Gasteiger partial charge in [0.15, 0.2) is 4.34 Å². The van der Waals surface area contributed by atoms with E-state index in [-0.39, 0.29) is 11.7 Å². The van der Waals surface area contributed by atoms with Gasteiger partial charge in [0.1, 0.15) is 0 Å². The van der Waals surface area contributed by atoms with E-state index >= 15 is 0 Å². The molecule has 0 fully saturated rings. The molecule has 0 saturated carbocycles. The molecule has 0 unspecified atom stereocenters. The smallest absolute Gasteiger partial charge is 0.237 e. The SMILES string of the molecule is CCCNc1nnc(SCC(=O)N(CCC#N)c2cc(C)cc(C)c2)s1. The van der Waals surface area contributed by atoms with Crippen molar-refractivity contribution >= 4 is 39.8 Å². The third-order valence-electron chi connectivity index (χ3n) is 3.52. The molecule has 1 aromatic carbocycles. The summed E-state index contributed by atoms with van der Waals surface area (Å²) in [5.74, 6) is 0.231. The van der Waals surface area contributed by atoms with E-state index in [0.29, 0.717) is 13.0 Å². The van der Waals surface area contributed by atoms with E-state index in [0.717, 1.165) is 39.3 Å². The Labute approximate surface area is 162 Å². The zero-order valence-corrected chi connectivity index (χ0v) is 16.9. The van der Waals surface area contributed by atoms with Crippen molar-refractivity contribution in [2.45, 2.75) is 38.0 Å². The highest BCUT2D eigenvalue weighted by Crippen LogP contribution is 2.27. The van der Waals surface area contributed by atoms with Crippen molar-refractivity contribution in [1.29, 1.82) is 5.26 Å². The topological polar surface area (TPSA) is 81.9 Å². The summed E-state index contributed by atoms with van der Waals surface area (Å²) in [6.45, 7) is 7.34. The van der Waals surface area contributed by atoms with Gasteiger partial charge >= 0.3 is 0 Å². The van der Waals surface area contributed by atoms with Crippen LogP contribution >= 0.6 is 23.1 Å². The molecule has 0 bridgehead atoms. The van der Waals surface area contributed by atoms with Gasteiger partial charge in [-0.2, -0.15) is 5.26 Å². The minimum atomic E-state index is -0.0338. The first kappa shape index (κ1) is 20.2. The highest BCUT2D eigenvalue weighted by molar-refractivity contribution is 8.01. The van der Waals surface area contributed by atoms with E-state index in [1.54, 1.807) is 4.90 Å². The predicted molar refractivity (Wildman–Crippen MR) is 108 cm³/mol. The third kappa shape index (κ3) is 6.00. The molecule has 6 nitrogen and oxygen atoms in total. The van der Waals surface area contributed by atoms with Crippen LogP contribution in [0.15, 0.2) is 22.5 Å². The standard InChI is InChI=1S/C18H23N5OS2/c1-4-7-20-17-21-22-18(26-17)25-12-16(24)23(8-5-6-19)15-10-13(2)9-14(3)11-15/h9-11H,4-5,7-8,12H2,1-3H3,(H,20,21). The molecule has 138 valence electrons. The number of nitrogens with zero attached hydrogens (tertiary/aromatic N) is 4. The molecular weight excluding hydrogens is 366 g/mol. The molecule has 2 rings (SSSR count). The minimum Gasteiger partial charge on any atom is -0.360 e. The number of anilines is 2. The van der Waals surface area contributed by atoms with E-state index in [2.05, 4.69) is 34.6 Å². The van der Waals surface area contributed by atoms with Crippen molar-refractivity contribution in [3.05, 3.63) is 29.3 Å². The lowest BCUT2D eigenvalue weighted by Crippen LogP contribution is -2.33. The van der Waals surface area contributed by atoms with Crippen molar-refractivity contribution in [1.82, 2.24) is 10.2 Å². The number of carbonyl (C=O) groups excluding carboxylic acids is 1. The molecular formula is C18H23N5OS2. The average Bonchev–Trinajstić information content (AvgIpc) is 3.05. The van der Waals surface area contributed by atoms with E-state index in [4.69, 9.17) is 5.26 Å². The van der Waals surface area contributed by atoms with E-state index < -0.39 is 0 Å². The van der Waals surface area contributed by atoms with Gasteiger partial charge in [0.05, 0.1) is 18.2 Å².